The average Bonchev–Trinajstić information content (AvgIpc) is 3.71. The molecule has 6 heterocycles. The third-order valence-corrected chi connectivity index (χ3v) is 8.44. The molecule has 2 fully saturated rings. The van der Waals surface area contributed by atoms with Gasteiger partial charge >= 0.3 is 6.72 Å². The van der Waals surface area contributed by atoms with Crippen LogP contribution in [0.2, 0.25) is 0 Å². The summed E-state index contributed by atoms with van der Waals surface area (Å²) in [7, 11) is 0. The number of alkyl halides is 1. The van der Waals surface area contributed by atoms with Crippen LogP contribution in [0.15, 0.2) is 17.4 Å². The highest BCUT2D eigenvalue weighted by Crippen LogP contribution is 2.50. The summed E-state index contributed by atoms with van der Waals surface area (Å²) in [5.41, 5.74) is 11.2. The summed E-state index contributed by atoms with van der Waals surface area (Å²) in [6.07, 6.45) is -6.03. The molecule has 0 aromatic carbocycles. The van der Waals surface area contributed by atoms with E-state index in [2.05, 4.69) is 35.2 Å². The van der Waals surface area contributed by atoms with E-state index in [-0.39, 0.29) is 60.1 Å². The maximum atomic E-state index is 15.0. The van der Waals surface area contributed by atoms with Gasteiger partial charge in [0.1, 0.15) is 18.5 Å². The van der Waals surface area contributed by atoms with Crippen LogP contribution in [0.3, 0.4) is 0 Å². The minimum atomic E-state index is -3.95. The average molecular weight is 630 g/mol. The number of nitrogens with one attached hydrogen (secondary N) is 1. The maximum Gasteiger partial charge on any atom is 0.324 e. The van der Waals surface area contributed by atoms with E-state index in [1.54, 1.807) is 0 Å². The first kappa shape index (κ1) is 28.8. The van der Waals surface area contributed by atoms with Gasteiger partial charge < -0.3 is 45.1 Å². The Morgan fingerprint density at radius 3 is 2.81 bits per heavy atom. The van der Waals surface area contributed by atoms with E-state index >= 15 is 4.39 Å². The number of nitrogens with zero attached hydrogens (tertiary/aromatic N) is 8. The number of nitrogen functional groups attached to an aromatic ring is 2. The molecule has 0 spiro atoms. The quantitative estimate of drug-likeness (QED) is 0.114. The summed E-state index contributed by atoms with van der Waals surface area (Å²) in [5, 5.41) is 27.8. The van der Waals surface area contributed by atoms with Crippen LogP contribution in [0.5, 0.6) is 0 Å². The van der Waals surface area contributed by atoms with E-state index in [9.17, 15) is 19.9 Å². The Bertz CT molecular complexity index is 1720. The Kier molecular flexibility index (Phi) is 7.62. The maximum absolute atomic E-state index is 15.0. The fourth-order valence-electron chi connectivity index (χ4n) is 4.88. The molecule has 8 atom stereocenters. The van der Waals surface area contributed by atoms with Gasteiger partial charge in [-0.05, 0) is 11.8 Å². The standard InChI is InChI=1S/C20H25FN11O8PS/c21-10-13(34)8(39-19(10)32-15-11(29-30-32)14(22)24-5-25-15)1-2-37-41(36,42)40-9-3-7(4-33)38-18(9)31-6-26-12-16(31)27-20(23)28-17(12)35/h5-10,13,18-19,33-34H,1-4H2,(H,36,42)(H2,22,24,25)(H3,23,27,28,35)/t7-,8+,9+,10-,13+,18+,19+,41?/m0/s1. The van der Waals surface area contributed by atoms with E-state index in [0.717, 1.165) is 4.68 Å². The summed E-state index contributed by atoms with van der Waals surface area (Å²) < 4.78 is 40.2. The number of hydrogen-bond acceptors (Lipinski definition) is 16. The van der Waals surface area contributed by atoms with Crippen molar-refractivity contribution in [1.29, 1.82) is 0 Å². The fourth-order valence-corrected chi connectivity index (χ4v) is 6.37. The van der Waals surface area contributed by atoms with Crippen LogP contribution in [0.1, 0.15) is 25.3 Å². The molecule has 4 aromatic heterocycles. The molecule has 2 aliphatic rings. The zero-order chi connectivity index (χ0) is 29.8. The summed E-state index contributed by atoms with van der Waals surface area (Å²) in [4.78, 5) is 41.3. The second-order valence-electron chi connectivity index (χ2n) is 9.54. The molecule has 2 saturated heterocycles. The molecule has 0 radical (unpaired) electrons. The molecule has 4 aromatic rings. The molecule has 2 aliphatic heterocycles. The highest BCUT2D eigenvalue weighted by Gasteiger charge is 2.47. The zero-order valence-corrected chi connectivity index (χ0v) is 23.1. The normalized spacial score (nSPS) is 29.5. The van der Waals surface area contributed by atoms with Gasteiger partial charge in [0.2, 0.25) is 5.95 Å². The molecule has 0 bridgehead atoms. The van der Waals surface area contributed by atoms with E-state index < -0.39 is 55.3 Å². The third-order valence-electron chi connectivity index (χ3n) is 6.82. The molecule has 226 valence electrons. The van der Waals surface area contributed by atoms with Gasteiger partial charge in [-0.2, -0.15) is 9.67 Å². The van der Waals surface area contributed by atoms with E-state index in [1.165, 1.54) is 17.2 Å². The van der Waals surface area contributed by atoms with Gasteiger partial charge in [-0.25, -0.2) is 19.3 Å². The number of rotatable bonds is 9. The number of imidazole rings is 1. The Morgan fingerprint density at radius 2 is 2.02 bits per heavy atom. The van der Waals surface area contributed by atoms with Crippen molar-refractivity contribution in [2.45, 2.75) is 55.9 Å². The molecule has 1 unspecified atom stereocenters. The molecule has 8 N–H and O–H groups in total. The Morgan fingerprint density at radius 1 is 1.21 bits per heavy atom. The highest BCUT2D eigenvalue weighted by molar-refractivity contribution is 8.07. The van der Waals surface area contributed by atoms with Gasteiger partial charge in [-0.3, -0.25) is 14.3 Å². The van der Waals surface area contributed by atoms with Crippen LogP contribution in [0.25, 0.3) is 22.3 Å². The number of nitrogens with two attached hydrogens (primary N) is 2. The van der Waals surface area contributed by atoms with Crippen LogP contribution in [0.4, 0.5) is 16.2 Å². The lowest BCUT2D eigenvalue weighted by Crippen LogP contribution is -2.29. The third kappa shape index (κ3) is 5.23. The Labute approximate surface area is 238 Å². The minimum absolute atomic E-state index is 0.00641. The van der Waals surface area contributed by atoms with Crippen LogP contribution >= 0.6 is 6.72 Å². The smallest absolute Gasteiger partial charge is 0.324 e. The number of anilines is 2. The van der Waals surface area contributed by atoms with Gasteiger partial charge in [-0.1, -0.05) is 5.21 Å². The minimum Gasteiger partial charge on any atom is -0.394 e. The largest absolute Gasteiger partial charge is 0.394 e. The predicted molar refractivity (Wildman–Crippen MR) is 142 cm³/mol. The van der Waals surface area contributed by atoms with Crippen molar-refractivity contribution in [2.75, 3.05) is 24.7 Å². The number of fused-ring (bicyclic) bond motifs is 2. The summed E-state index contributed by atoms with van der Waals surface area (Å²) >= 11 is 5.18. The molecular formula is C20H25FN11O8PS. The first-order valence-corrected chi connectivity index (χ1v) is 15.1. The molecule has 6 rings (SSSR count). The number of aliphatic hydroxyl groups excluding tert-OH is 2. The van der Waals surface area contributed by atoms with Crippen molar-refractivity contribution in [1.82, 2.24) is 44.5 Å². The van der Waals surface area contributed by atoms with Gasteiger partial charge in [0, 0.05) is 12.8 Å². The number of aliphatic hydroxyl groups is 2. The van der Waals surface area contributed by atoms with Crippen molar-refractivity contribution in [3.63, 3.8) is 0 Å². The van der Waals surface area contributed by atoms with Crippen molar-refractivity contribution >= 4 is 52.6 Å². The van der Waals surface area contributed by atoms with Crippen LogP contribution in [-0.4, -0.2) is 103 Å². The molecular weight excluding hydrogens is 604 g/mol. The zero-order valence-electron chi connectivity index (χ0n) is 21.4. The number of aromatic nitrogens is 9. The van der Waals surface area contributed by atoms with Crippen molar-refractivity contribution < 1.29 is 38.0 Å². The number of H-pyrrole nitrogens is 1. The second-order valence-corrected chi connectivity index (χ2v) is 12.3. The monoisotopic (exact) mass is 629 g/mol. The lowest BCUT2D eigenvalue weighted by molar-refractivity contribution is -0.0486. The van der Waals surface area contributed by atoms with E-state index in [0.29, 0.717) is 0 Å². The molecule has 0 aliphatic carbocycles. The lowest BCUT2D eigenvalue weighted by atomic mass is 10.1. The summed E-state index contributed by atoms with van der Waals surface area (Å²) in [5.74, 6) is -0.100. The van der Waals surface area contributed by atoms with Gasteiger partial charge in [0.15, 0.2) is 46.8 Å². The molecule has 19 nitrogen and oxygen atoms in total. The predicted octanol–water partition coefficient (Wildman–Crippen LogP) is -1.60. The number of halogens is 1. The van der Waals surface area contributed by atoms with E-state index in [1.807, 2.05) is 0 Å². The molecule has 0 saturated carbocycles. The Hall–Kier alpha value is -3.27. The van der Waals surface area contributed by atoms with Gasteiger partial charge in [-0.15, -0.1) is 5.10 Å². The summed E-state index contributed by atoms with van der Waals surface area (Å²) in [6.45, 7) is -4.59. The van der Waals surface area contributed by atoms with Crippen LogP contribution in [-0.2, 0) is 30.3 Å². The van der Waals surface area contributed by atoms with E-state index in [4.69, 9.17) is 41.8 Å². The molecule has 22 heteroatoms. The number of aromatic amines is 1. The molecule has 42 heavy (non-hydrogen) atoms. The highest BCUT2D eigenvalue weighted by atomic mass is 32.5. The van der Waals surface area contributed by atoms with Crippen molar-refractivity contribution in [2.24, 2.45) is 0 Å². The van der Waals surface area contributed by atoms with Crippen molar-refractivity contribution in [3.8, 4) is 0 Å². The van der Waals surface area contributed by atoms with Crippen LogP contribution in [0, 0.1) is 0 Å². The summed E-state index contributed by atoms with van der Waals surface area (Å²) in [6, 6.07) is 0. The molecule has 0 amide bonds. The van der Waals surface area contributed by atoms with Gasteiger partial charge in [0.25, 0.3) is 5.56 Å². The van der Waals surface area contributed by atoms with Crippen LogP contribution < -0.4 is 17.0 Å². The SMILES string of the molecule is Nc1nc2c(ncn2[C@@H]2O[C@H](CO)C[C@H]2OP(O)(=S)OCC[C@H]2O[C@@H](n3nnc4c(N)ncnc43)[C@@H](F)[C@@H]2O)c(=O)[nH]1. The topological polar surface area (TPSA) is 270 Å². The van der Waals surface area contributed by atoms with Gasteiger partial charge in [0.05, 0.1) is 31.7 Å². The Balaban J connectivity index is 1.11. The number of ether oxygens (including phenoxy) is 2. The second kappa shape index (κ2) is 11.1. The first-order chi connectivity index (χ1) is 20.1. The lowest BCUT2D eigenvalue weighted by Gasteiger charge is -2.25. The van der Waals surface area contributed by atoms with Crippen molar-refractivity contribution in [3.05, 3.63) is 23.0 Å². The fraction of sp³-hybridized carbons (Fsp3) is 0.550. The first-order valence-electron chi connectivity index (χ1n) is 12.5. The number of hydrogen-bond donors (Lipinski definition) is 6.